The van der Waals surface area contributed by atoms with Crippen LogP contribution in [-0.2, 0) is 24.7 Å². The van der Waals surface area contributed by atoms with E-state index in [1.807, 2.05) is 6.20 Å². The summed E-state index contributed by atoms with van der Waals surface area (Å²) in [4.78, 5) is 4.42. The number of aliphatic imine (C=N–C) groups is 1. The molecule has 1 fully saturated rings. The molecule has 5 heteroatoms. The number of hydrogen-bond acceptors (Lipinski definition) is 1. The van der Waals surface area contributed by atoms with Crippen LogP contribution in [0.2, 0.25) is 13.1 Å². The summed E-state index contributed by atoms with van der Waals surface area (Å²) >= 11 is 1.60. The predicted octanol–water partition coefficient (Wildman–Crippen LogP) is 2.80. The van der Waals surface area contributed by atoms with Crippen LogP contribution in [0.25, 0.3) is 17.2 Å². The van der Waals surface area contributed by atoms with Crippen LogP contribution in [-0.4, -0.2) is 13.8 Å². The van der Waals surface area contributed by atoms with Crippen molar-refractivity contribution >= 4 is 19.9 Å². The Morgan fingerprint density at radius 1 is 0.892 bits per heavy atom. The summed E-state index contributed by atoms with van der Waals surface area (Å²) in [5.74, 6) is 0.797. The summed E-state index contributed by atoms with van der Waals surface area (Å²) in [5, 5.41) is 3.27. The van der Waals surface area contributed by atoms with E-state index in [1.165, 1.54) is 76.8 Å². The van der Waals surface area contributed by atoms with Gasteiger partial charge < -0.3 is 24.8 Å². The molecular weight excluding hydrogens is 589 g/mol. The van der Waals surface area contributed by atoms with Crippen molar-refractivity contribution in [2.45, 2.75) is 68.6 Å². The van der Waals surface area contributed by atoms with E-state index >= 15 is 0 Å². The van der Waals surface area contributed by atoms with Crippen LogP contribution < -0.4 is 24.8 Å². The van der Waals surface area contributed by atoms with Crippen molar-refractivity contribution in [3.8, 4) is 11.1 Å². The Morgan fingerprint density at radius 2 is 1.59 bits per heavy atom. The quantitative estimate of drug-likeness (QED) is 0.457. The molecule has 0 radical (unpaired) electrons. The molecule has 3 aliphatic heterocycles. The summed E-state index contributed by atoms with van der Waals surface area (Å²) in [5.41, 5.74) is 13.1. The summed E-state index contributed by atoms with van der Waals surface area (Å²) < 4.78 is 0.652. The number of hydrogen-bond donors (Lipinski definition) is 0. The van der Waals surface area contributed by atoms with Gasteiger partial charge >= 0.3 is 155 Å². The minimum absolute atomic E-state index is 0. The minimum Gasteiger partial charge on any atom is -1.00 e. The van der Waals surface area contributed by atoms with E-state index in [2.05, 4.69) is 86.6 Å². The first kappa shape index (κ1) is 28.8. The van der Waals surface area contributed by atoms with Crippen LogP contribution in [0, 0.1) is 0 Å². The van der Waals surface area contributed by atoms with E-state index in [4.69, 9.17) is 0 Å². The molecule has 1 unspecified atom stereocenters. The molecular formula is C32H34Cl2NSiZr. The van der Waals surface area contributed by atoms with Crippen molar-refractivity contribution in [1.82, 2.24) is 0 Å². The molecule has 1 atom stereocenters. The van der Waals surface area contributed by atoms with Crippen molar-refractivity contribution < 1.29 is 49.5 Å². The number of nitrogens with zero attached hydrogens (tertiary/aromatic N) is 1. The van der Waals surface area contributed by atoms with E-state index in [-0.39, 0.29) is 24.8 Å². The molecule has 2 aromatic carbocycles. The Hall–Kier alpha value is -1.25. The first-order valence-electron chi connectivity index (χ1n) is 13.2. The Labute approximate surface area is 251 Å². The summed E-state index contributed by atoms with van der Waals surface area (Å²) in [6, 6.07) is 16.3. The molecule has 3 aliphatic carbocycles. The molecule has 0 spiro atoms. The van der Waals surface area contributed by atoms with Crippen molar-refractivity contribution in [2.24, 2.45) is 4.99 Å². The fraction of sp³-hybridized carbons (Fsp3) is 0.344. The number of rotatable bonds is 2. The average Bonchev–Trinajstić information content (AvgIpc) is 3.57. The standard InChI is InChI=1S/C22H23.C10H11NSi.2ClH.Zr/c1-16-14-20-8-5-9-21(22(20)15-16)19-12-10-18(11-13-19)17-6-3-2-4-7-17;1-6-9-7-4-5-11-8(7)10(6)12(9,2)3;;;/h5,8-15,17H,2-4,6-7H2,1H3;4-5H,1-3H3;2*1H;/q;;;;+2/p-2. The molecule has 3 heterocycles. The molecule has 2 bridgehead atoms. The maximum Gasteiger partial charge on any atom is -1.00 e. The molecule has 0 amide bonds. The van der Waals surface area contributed by atoms with Gasteiger partial charge in [0, 0.05) is 11.8 Å². The van der Waals surface area contributed by atoms with Gasteiger partial charge in [-0.2, -0.15) is 0 Å². The van der Waals surface area contributed by atoms with Crippen LogP contribution >= 0.6 is 0 Å². The fourth-order valence-electron chi connectivity index (χ4n) is 7.05. The van der Waals surface area contributed by atoms with Crippen LogP contribution in [0.15, 0.2) is 86.8 Å². The Kier molecular flexibility index (Phi) is 8.62. The number of allylic oxidation sites excluding steroid dienone is 6. The fourth-order valence-corrected chi connectivity index (χ4v) is 11.7. The summed E-state index contributed by atoms with van der Waals surface area (Å²) in [6.07, 6.45) is 13.5. The smallest absolute Gasteiger partial charge is 1.00 e. The Bertz CT molecular complexity index is 1370. The van der Waals surface area contributed by atoms with Gasteiger partial charge in [0.1, 0.15) is 8.07 Å². The molecule has 0 aromatic heterocycles. The molecule has 0 N–H and O–H groups in total. The van der Waals surface area contributed by atoms with E-state index in [1.54, 1.807) is 40.7 Å². The average molecular weight is 623 g/mol. The topological polar surface area (TPSA) is 12.4 Å². The molecule has 8 rings (SSSR count). The number of halogens is 2. The van der Waals surface area contributed by atoms with Gasteiger partial charge in [0.05, 0.1) is 5.71 Å². The molecule has 0 saturated heterocycles. The van der Waals surface area contributed by atoms with E-state index in [0.717, 1.165) is 5.92 Å². The molecule has 6 aliphatic rings. The second-order valence-electron chi connectivity index (χ2n) is 11.3. The zero-order chi connectivity index (χ0) is 24.3. The van der Waals surface area contributed by atoms with Crippen molar-refractivity contribution in [3.05, 3.63) is 98.5 Å². The van der Waals surface area contributed by atoms with Gasteiger partial charge in [0.15, 0.2) is 0 Å². The van der Waals surface area contributed by atoms with Crippen molar-refractivity contribution in [3.63, 3.8) is 0 Å². The van der Waals surface area contributed by atoms with Crippen LogP contribution in [0.3, 0.4) is 0 Å². The third-order valence-electron chi connectivity index (χ3n) is 8.78. The van der Waals surface area contributed by atoms with Gasteiger partial charge in [-0.15, -0.1) is 0 Å². The van der Waals surface area contributed by atoms with Gasteiger partial charge in [-0.05, 0) is 29.0 Å². The second kappa shape index (κ2) is 11.1. The normalized spacial score (nSPS) is 22.2. The van der Waals surface area contributed by atoms with E-state index < -0.39 is 8.07 Å². The molecule has 1 nitrogen and oxygen atoms in total. The van der Waals surface area contributed by atoms with Gasteiger partial charge in [-0.1, -0.05) is 13.1 Å². The van der Waals surface area contributed by atoms with Crippen LogP contribution in [0.1, 0.15) is 72.2 Å². The predicted molar refractivity (Wildman–Crippen MR) is 148 cm³/mol. The SMILES string of the molecule is CC1=C2C3=NC=CC3=C1[Si]2(C)C.CC1=Cc2c(-c3ccc(C4CCCCC4)cc3)cccc2[CH]1[Zr+2].[Cl-].[Cl-]. The van der Waals surface area contributed by atoms with Crippen LogP contribution in [0.4, 0.5) is 0 Å². The first-order valence-corrected chi connectivity index (χ1v) is 17.6. The molecule has 2 aromatic rings. The number of benzene rings is 2. The van der Waals surface area contributed by atoms with Gasteiger partial charge in [0.25, 0.3) is 0 Å². The molecule has 1 saturated carbocycles. The van der Waals surface area contributed by atoms with Gasteiger partial charge in [-0.3, -0.25) is 4.99 Å². The molecule has 37 heavy (non-hydrogen) atoms. The Morgan fingerprint density at radius 3 is 2.24 bits per heavy atom. The van der Waals surface area contributed by atoms with Crippen molar-refractivity contribution in [2.75, 3.05) is 0 Å². The summed E-state index contributed by atoms with van der Waals surface area (Å²) in [6.45, 7) is 9.36. The number of fused-ring (bicyclic) bond motifs is 1. The van der Waals surface area contributed by atoms with Crippen molar-refractivity contribution in [1.29, 1.82) is 0 Å². The zero-order valence-electron chi connectivity index (χ0n) is 22.2. The van der Waals surface area contributed by atoms with E-state index in [9.17, 15) is 0 Å². The monoisotopic (exact) mass is 620 g/mol. The maximum absolute atomic E-state index is 4.42. The third kappa shape index (κ3) is 4.73. The largest absolute Gasteiger partial charge is 1.00 e. The maximum atomic E-state index is 4.42. The second-order valence-corrected chi connectivity index (χ2v) is 17.0. The van der Waals surface area contributed by atoms with Crippen LogP contribution in [0.5, 0.6) is 0 Å². The third-order valence-corrected chi connectivity index (χ3v) is 14.4. The molecule has 189 valence electrons. The first-order chi connectivity index (χ1) is 16.9. The van der Waals surface area contributed by atoms with Gasteiger partial charge in [-0.25, -0.2) is 0 Å². The summed E-state index contributed by atoms with van der Waals surface area (Å²) in [7, 11) is -1.13. The zero-order valence-corrected chi connectivity index (χ0v) is 27.1. The Balaban J connectivity index is 0.000000193. The minimum atomic E-state index is -1.13. The van der Waals surface area contributed by atoms with Gasteiger partial charge in [0.2, 0.25) is 0 Å². The van der Waals surface area contributed by atoms with E-state index in [0.29, 0.717) is 3.63 Å².